The zero-order valence-electron chi connectivity index (χ0n) is 13.5. The summed E-state index contributed by atoms with van der Waals surface area (Å²) < 4.78 is 0. The molecule has 0 aliphatic rings. The number of carboxylic acids is 1. The number of carboxylic acid groups (broad SMARTS) is 1. The van der Waals surface area contributed by atoms with Crippen LogP contribution >= 0.6 is 0 Å². The van der Waals surface area contributed by atoms with Crippen LogP contribution in [0.4, 0.5) is 0 Å². The Morgan fingerprint density at radius 3 is 2.10 bits per heavy atom. The standard InChI is InChI=1S/C19H30O2/c1-3-4-5-6-7-8-9-10-11-12-13-14-15-16-17-18(2)19(20)21/h4-11,18H,3,12-17H2,1-2H3,(H,20,21). The molecule has 0 heterocycles. The molecule has 1 unspecified atom stereocenters. The quantitative estimate of drug-likeness (QED) is 0.371. The first-order valence-corrected chi connectivity index (χ1v) is 8.06. The number of unbranched alkanes of at least 4 members (excludes halogenated alkanes) is 4. The Kier molecular flexibility index (Phi) is 13.7. The van der Waals surface area contributed by atoms with Crippen molar-refractivity contribution in [3.05, 3.63) is 48.6 Å². The molecule has 2 heteroatoms. The normalized spacial score (nSPS) is 14.0. The first-order chi connectivity index (χ1) is 10.2. The fourth-order valence-electron chi connectivity index (χ4n) is 1.84. The second-order valence-electron chi connectivity index (χ2n) is 5.27. The summed E-state index contributed by atoms with van der Waals surface area (Å²) in [6, 6.07) is 0. The average Bonchev–Trinajstić information content (AvgIpc) is 2.47. The SMILES string of the molecule is CCC=CC=CC=CC=CCCCCCCC(C)C(=O)O. The molecule has 0 bridgehead atoms. The van der Waals surface area contributed by atoms with Crippen molar-refractivity contribution in [1.82, 2.24) is 0 Å². The molecule has 0 rings (SSSR count). The highest BCUT2D eigenvalue weighted by Gasteiger charge is 2.09. The van der Waals surface area contributed by atoms with Crippen LogP contribution in [0.15, 0.2) is 48.6 Å². The van der Waals surface area contributed by atoms with Gasteiger partial charge in [-0.1, -0.05) is 81.7 Å². The highest BCUT2D eigenvalue weighted by atomic mass is 16.4. The van der Waals surface area contributed by atoms with Crippen LogP contribution in [0.25, 0.3) is 0 Å². The number of allylic oxidation sites excluding steroid dienone is 8. The smallest absolute Gasteiger partial charge is 0.306 e. The summed E-state index contributed by atoms with van der Waals surface area (Å²) >= 11 is 0. The summed E-state index contributed by atoms with van der Waals surface area (Å²) in [5.41, 5.74) is 0. The van der Waals surface area contributed by atoms with Crippen LogP contribution in [0.3, 0.4) is 0 Å². The van der Waals surface area contributed by atoms with Crippen molar-refractivity contribution in [2.24, 2.45) is 5.92 Å². The summed E-state index contributed by atoms with van der Waals surface area (Å²) in [5.74, 6) is -0.876. The number of aliphatic carboxylic acids is 1. The molecular formula is C19H30O2. The van der Waals surface area contributed by atoms with Gasteiger partial charge in [0.1, 0.15) is 0 Å². The van der Waals surface area contributed by atoms with Crippen molar-refractivity contribution in [2.75, 3.05) is 0 Å². The van der Waals surface area contributed by atoms with Crippen molar-refractivity contribution in [2.45, 2.75) is 58.8 Å². The Morgan fingerprint density at radius 2 is 1.48 bits per heavy atom. The van der Waals surface area contributed by atoms with Crippen LogP contribution < -0.4 is 0 Å². The second kappa shape index (κ2) is 14.8. The molecule has 2 nitrogen and oxygen atoms in total. The zero-order valence-corrected chi connectivity index (χ0v) is 13.5. The number of hydrogen-bond acceptors (Lipinski definition) is 1. The number of carbonyl (C=O) groups is 1. The number of rotatable bonds is 12. The van der Waals surface area contributed by atoms with Crippen LogP contribution in [-0.4, -0.2) is 11.1 Å². The third-order valence-electron chi connectivity index (χ3n) is 3.24. The Bertz CT molecular complexity index is 362. The fraction of sp³-hybridized carbons (Fsp3) is 0.526. The Labute approximate surface area is 130 Å². The van der Waals surface area contributed by atoms with Gasteiger partial charge in [0.2, 0.25) is 0 Å². The van der Waals surface area contributed by atoms with E-state index in [1.165, 1.54) is 12.8 Å². The van der Waals surface area contributed by atoms with E-state index < -0.39 is 5.97 Å². The van der Waals surface area contributed by atoms with Gasteiger partial charge in [-0.15, -0.1) is 0 Å². The molecule has 0 aromatic carbocycles. The second-order valence-corrected chi connectivity index (χ2v) is 5.27. The Balaban J connectivity index is 3.44. The molecular weight excluding hydrogens is 260 g/mol. The predicted octanol–water partition coefficient (Wildman–Crippen LogP) is 5.68. The van der Waals surface area contributed by atoms with E-state index in [4.69, 9.17) is 5.11 Å². The summed E-state index contributed by atoms with van der Waals surface area (Å²) in [5, 5.41) is 8.76. The number of hydrogen-bond donors (Lipinski definition) is 1. The van der Waals surface area contributed by atoms with Crippen molar-refractivity contribution < 1.29 is 9.90 Å². The minimum absolute atomic E-state index is 0.199. The van der Waals surface area contributed by atoms with Crippen LogP contribution in [0, 0.1) is 5.92 Å². The van der Waals surface area contributed by atoms with Gasteiger partial charge in [0.05, 0.1) is 5.92 Å². The van der Waals surface area contributed by atoms with E-state index in [0.29, 0.717) is 0 Å². The molecule has 0 amide bonds. The molecule has 0 aliphatic carbocycles. The molecule has 118 valence electrons. The first-order valence-electron chi connectivity index (χ1n) is 8.06. The minimum Gasteiger partial charge on any atom is -0.481 e. The molecule has 21 heavy (non-hydrogen) atoms. The zero-order chi connectivity index (χ0) is 15.8. The molecule has 1 atom stereocenters. The largest absolute Gasteiger partial charge is 0.481 e. The van der Waals surface area contributed by atoms with Crippen molar-refractivity contribution in [3.63, 3.8) is 0 Å². The lowest BCUT2D eigenvalue weighted by Crippen LogP contribution is -2.08. The predicted molar refractivity (Wildman–Crippen MR) is 91.4 cm³/mol. The van der Waals surface area contributed by atoms with Gasteiger partial charge >= 0.3 is 5.97 Å². The van der Waals surface area contributed by atoms with Gasteiger partial charge in [-0.05, 0) is 25.7 Å². The van der Waals surface area contributed by atoms with E-state index in [-0.39, 0.29) is 5.92 Å². The lowest BCUT2D eigenvalue weighted by Gasteiger charge is -2.04. The van der Waals surface area contributed by atoms with E-state index in [9.17, 15) is 4.79 Å². The molecule has 1 N–H and O–H groups in total. The average molecular weight is 290 g/mol. The summed E-state index contributed by atoms with van der Waals surface area (Å²) in [6.07, 6.45) is 24.1. The first kappa shape index (κ1) is 19.4. The molecule has 0 aromatic rings. The van der Waals surface area contributed by atoms with Gasteiger partial charge in [0, 0.05) is 0 Å². The molecule has 0 radical (unpaired) electrons. The van der Waals surface area contributed by atoms with Crippen LogP contribution in [0.1, 0.15) is 58.8 Å². The maximum atomic E-state index is 10.6. The summed E-state index contributed by atoms with van der Waals surface area (Å²) in [6.45, 7) is 3.90. The molecule has 0 aliphatic heterocycles. The van der Waals surface area contributed by atoms with Crippen molar-refractivity contribution >= 4 is 5.97 Å². The molecule has 0 saturated heterocycles. The lowest BCUT2D eigenvalue weighted by atomic mass is 10.0. The van der Waals surface area contributed by atoms with Crippen molar-refractivity contribution in [3.8, 4) is 0 Å². The lowest BCUT2D eigenvalue weighted by molar-refractivity contribution is -0.141. The monoisotopic (exact) mass is 290 g/mol. The van der Waals surface area contributed by atoms with E-state index in [1.54, 1.807) is 6.92 Å². The maximum absolute atomic E-state index is 10.6. The molecule has 0 saturated carbocycles. The van der Waals surface area contributed by atoms with Crippen LogP contribution in [-0.2, 0) is 4.79 Å². The van der Waals surface area contributed by atoms with Crippen LogP contribution in [0.5, 0.6) is 0 Å². The highest BCUT2D eigenvalue weighted by molar-refractivity contribution is 5.69. The van der Waals surface area contributed by atoms with E-state index >= 15 is 0 Å². The van der Waals surface area contributed by atoms with E-state index in [0.717, 1.165) is 32.1 Å². The van der Waals surface area contributed by atoms with Crippen molar-refractivity contribution in [1.29, 1.82) is 0 Å². The topological polar surface area (TPSA) is 37.3 Å². The van der Waals surface area contributed by atoms with Gasteiger partial charge in [0.15, 0.2) is 0 Å². The van der Waals surface area contributed by atoms with Gasteiger partial charge in [-0.3, -0.25) is 4.79 Å². The Hall–Kier alpha value is -1.57. The molecule has 0 spiro atoms. The minimum atomic E-state index is -0.677. The van der Waals surface area contributed by atoms with Gasteiger partial charge in [-0.2, -0.15) is 0 Å². The van der Waals surface area contributed by atoms with Gasteiger partial charge < -0.3 is 5.11 Å². The third-order valence-corrected chi connectivity index (χ3v) is 3.24. The van der Waals surface area contributed by atoms with E-state index in [2.05, 4.69) is 31.2 Å². The van der Waals surface area contributed by atoms with Crippen LogP contribution in [0.2, 0.25) is 0 Å². The maximum Gasteiger partial charge on any atom is 0.306 e. The fourth-order valence-corrected chi connectivity index (χ4v) is 1.84. The summed E-state index contributed by atoms with van der Waals surface area (Å²) in [4.78, 5) is 10.6. The van der Waals surface area contributed by atoms with Gasteiger partial charge in [-0.25, -0.2) is 0 Å². The molecule has 0 aromatic heterocycles. The third kappa shape index (κ3) is 14.6. The Morgan fingerprint density at radius 1 is 0.905 bits per heavy atom. The van der Waals surface area contributed by atoms with Gasteiger partial charge in [0.25, 0.3) is 0 Å². The summed E-state index contributed by atoms with van der Waals surface area (Å²) in [7, 11) is 0. The highest BCUT2D eigenvalue weighted by Crippen LogP contribution is 2.11. The molecule has 0 fully saturated rings. The van der Waals surface area contributed by atoms with E-state index in [1.807, 2.05) is 24.3 Å².